The third-order valence-electron chi connectivity index (χ3n) is 3.07. The number of carboxylic acid groups (broad SMARTS) is 1. The summed E-state index contributed by atoms with van der Waals surface area (Å²) < 4.78 is 5.05. The van der Waals surface area contributed by atoms with Crippen molar-refractivity contribution in [3.63, 3.8) is 0 Å². The van der Waals surface area contributed by atoms with E-state index in [-0.39, 0.29) is 18.7 Å². The van der Waals surface area contributed by atoms with Gasteiger partial charge in [-0.25, -0.2) is 4.79 Å². The highest BCUT2D eigenvalue weighted by molar-refractivity contribution is 5.88. The van der Waals surface area contributed by atoms with Crippen molar-refractivity contribution in [3.8, 4) is 0 Å². The standard InChI is InChI=1S/C13H21NO5/c1-12(2,3)19-11(18)14-8-13(10(16)17)6-4-5-9(15)7-13/h4-8H2,1-3H3,(H,14,18)(H,16,17). The van der Waals surface area contributed by atoms with Crippen LogP contribution in [0.3, 0.4) is 0 Å². The van der Waals surface area contributed by atoms with Crippen LogP contribution >= 0.6 is 0 Å². The number of rotatable bonds is 3. The molecule has 6 nitrogen and oxygen atoms in total. The van der Waals surface area contributed by atoms with E-state index in [0.29, 0.717) is 19.3 Å². The molecule has 2 N–H and O–H groups in total. The number of alkyl carbamates (subject to hydrolysis) is 1. The largest absolute Gasteiger partial charge is 0.481 e. The van der Waals surface area contributed by atoms with Crippen molar-refractivity contribution in [1.82, 2.24) is 5.32 Å². The van der Waals surface area contributed by atoms with E-state index in [0.717, 1.165) is 0 Å². The van der Waals surface area contributed by atoms with Crippen molar-refractivity contribution in [1.29, 1.82) is 0 Å². The number of aliphatic carboxylic acids is 1. The molecule has 108 valence electrons. The first kappa shape index (κ1) is 15.5. The number of carboxylic acids is 1. The lowest BCUT2D eigenvalue weighted by molar-refractivity contribution is -0.153. The maximum Gasteiger partial charge on any atom is 0.407 e. The zero-order valence-corrected chi connectivity index (χ0v) is 11.6. The number of carbonyl (C=O) groups is 3. The molecule has 0 aromatic carbocycles. The van der Waals surface area contributed by atoms with Crippen LogP contribution in [-0.2, 0) is 14.3 Å². The van der Waals surface area contributed by atoms with E-state index < -0.39 is 23.1 Å². The van der Waals surface area contributed by atoms with E-state index in [1.54, 1.807) is 20.8 Å². The van der Waals surface area contributed by atoms with Crippen molar-refractivity contribution < 1.29 is 24.2 Å². The minimum atomic E-state index is -1.19. The number of ketones is 1. The maximum absolute atomic E-state index is 11.5. The fraction of sp³-hybridized carbons (Fsp3) is 0.769. The summed E-state index contributed by atoms with van der Waals surface area (Å²) in [6, 6.07) is 0. The molecular formula is C13H21NO5. The zero-order chi connectivity index (χ0) is 14.7. The number of nitrogens with one attached hydrogen (secondary N) is 1. The Morgan fingerprint density at radius 1 is 1.42 bits per heavy atom. The molecule has 1 saturated carbocycles. The predicted octanol–water partition coefficient (Wildman–Crippen LogP) is 1.73. The Bertz CT molecular complexity index is 385. The first-order chi connectivity index (χ1) is 8.65. The van der Waals surface area contributed by atoms with Gasteiger partial charge in [-0.05, 0) is 33.6 Å². The molecule has 1 rings (SSSR count). The molecule has 1 unspecified atom stereocenters. The molecule has 1 fully saturated rings. The van der Waals surface area contributed by atoms with Gasteiger partial charge in [0.15, 0.2) is 0 Å². The van der Waals surface area contributed by atoms with Crippen molar-refractivity contribution in [2.24, 2.45) is 5.41 Å². The molecule has 1 aliphatic rings. The maximum atomic E-state index is 11.5. The summed E-state index contributed by atoms with van der Waals surface area (Å²) in [4.78, 5) is 34.4. The van der Waals surface area contributed by atoms with Crippen molar-refractivity contribution in [2.45, 2.75) is 52.1 Å². The van der Waals surface area contributed by atoms with E-state index in [1.807, 2.05) is 0 Å². The third kappa shape index (κ3) is 4.54. The van der Waals surface area contributed by atoms with Gasteiger partial charge < -0.3 is 15.2 Å². The summed E-state index contributed by atoms with van der Waals surface area (Å²) in [5.74, 6) is -1.11. The SMILES string of the molecule is CC(C)(C)OC(=O)NCC1(C(=O)O)CCCC(=O)C1. The average molecular weight is 271 g/mol. The van der Waals surface area contributed by atoms with E-state index in [9.17, 15) is 19.5 Å². The second-order valence-corrected chi connectivity index (χ2v) is 6.01. The van der Waals surface area contributed by atoms with Gasteiger partial charge in [0.2, 0.25) is 0 Å². The Kier molecular flexibility index (Phi) is 4.55. The third-order valence-corrected chi connectivity index (χ3v) is 3.07. The van der Waals surface area contributed by atoms with Gasteiger partial charge in [0.1, 0.15) is 11.4 Å². The monoisotopic (exact) mass is 271 g/mol. The Morgan fingerprint density at radius 3 is 2.53 bits per heavy atom. The molecule has 0 saturated heterocycles. The van der Waals surface area contributed by atoms with Gasteiger partial charge in [-0.3, -0.25) is 9.59 Å². The number of amides is 1. The summed E-state index contributed by atoms with van der Waals surface area (Å²) in [5.41, 5.74) is -1.82. The summed E-state index contributed by atoms with van der Waals surface area (Å²) in [6.45, 7) is 5.10. The van der Waals surface area contributed by atoms with E-state index in [1.165, 1.54) is 0 Å². The number of hydrogen-bond donors (Lipinski definition) is 2. The highest BCUT2D eigenvalue weighted by Gasteiger charge is 2.43. The molecule has 1 atom stereocenters. The van der Waals surface area contributed by atoms with Crippen LogP contribution in [0.4, 0.5) is 4.79 Å². The van der Waals surface area contributed by atoms with Gasteiger partial charge in [-0.2, -0.15) is 0 Å². The van der Waals surface area contributed by atoms with Gasteiger partial charge in [-0.1, -0.05) is 0 Å². The van der Waals surface area contributed by atoms with Crippen LogP contribution in [0.25, 0.3) is 0 Å². The summed E-state index contributed by atoms with van der Waals surface area (Å²) >= 11 is 0. The van der Waals surface area contributed by atoms with Gasteiger partial charge in [0.05, 0.1) is 5.41 Å². The zero-order valence-electron chi connectivity index (χ0n) is 11.6. The molecular weight excluding hydrogens is 250 g/mol. The van der Waals surface area contributed by atoms with Gasteiger partial charge >= 0.3 is 12.1 Å². The van der Waals surface area contributed by atoms with Gasteiger partial charge in [0.25, 0.3) is 0 Å². The molecule has 0 aromatic rings. The average Bonchev–Trinajstić information content (AvgIpc) is 2.24. The van der Waals surface area contributed by atoms with E-state index in [2.05, 4.69) is 5.32 Å². The Morgan fingerprint density at radius 2 is 2.05 bits per heavy atom. The number of carbonyl (C=O) groups excluding carboxylic acids is 2. The van der Waals surface area contributed by atoms with Crippen LogP contribution in [0.15, 0.2) is 0 Å². The van der Waals surface area contributed by atoms with E-state index >= 15 is 0 Å². The van der Waals surface area contributed by atoms with Crippen LogP contribution in [-0.4, -0.2) is 35.1 Å². The number of hydrogen-bond acceptors (Lipinski definition) is 4. The topological polar surface area (TPSA) is 92.7 Å². The first-order valence-corrected chi connectivity index (χ1v) is 6.37. The van der Waals surface area contributed by atoms with Crippen LogP contribution < -0.4 is 5.32 Å². The second kappa shape index (κ2) is 5.59. The Balaban J connectivity index is 2.63. The molecule has 0 spiro atoms. The molecule has 19 heavy (non-hydrogen) atoms. The van der Waals surface area contributed by atoms with Crippen LogP contribution in [0.1, 0.15) is 46.5 Å². The summed E-state index contributed by atoms with van der Waals surface area (Å²) in [7, 11) is 0. The molecule has 0 bridgehead atoms. The molecule has 0 aliphatic heterocycles. The lowest BCUT2D eigenvalue weighted by Crippen LogP contribution is -2.47. The summed E-state index contributed by atoms with van der Waals surface area (Å²) in [6.07, 6.45) is 0.663. The Labute approximate surface area is 112 Å². The van der Waals surface area contributed by atoms with Crippen LogP contribution in [0.5, 0.6) is 0 Å². The quantitative estimate of drug-likeness (QED) is 0.815. The highest BCUT2D eigenvalue weighted by Crippen LogP contribution is 2.34. The van der Waals surface area contributed by atoms with Gasteiger partial charge in [-0.15, -0.1) is 0 Å². The number of ether oxygens (including phenoxy) is 1. The highest BCUT2D eigenvalue weighted by atomic mass is 16.6. The minimum Gasteiger partial charge on any atom is -0.481 e. The van der Waals surface area contributed by atoms with E-state index in [4.69, 9.17) is 4.74 Å². The lowest BCUT2D eigenvalue weighted by atomic mass is 9.73. The van der Waals surface area contributed by atoms with Crippen molar-refractivity contribution in [3.05, 3.63) is 0 Å². The second-order valence-electron chi connectivity index (χ2n) is 6.01. The smallest absolute Gasteiger partial charge is 0.407 e. The Hall–Kier alpha value is -1.59. The predicted molar refractivity (Wildman–Crippen MR) is 67.8 cm³/mol. The summed E-state index contributed by atoms with van der Waals surface area (Å²) in [5, 5.41) is 11.8. The lowest BCUT2D eigenvalue weighted by Gasteiger charge is -2.32. The van der Waals surface area contributed by atoms with Crippen LogP contribution in [0, 0.1) is 5.41 Å². The number of Topliss-reactive ketones (excluding diaryl/α,β-unsaturated/α-hetero) is 1. The van der Waals surface area contributed by atoms with Crippen LogP contribution in [0.2, 0.25) is 0 Å². The molecule has 6 heteroatoms. The van der Waals surface area contributed by atoms with Gasteiger partial charge in [0, 0.05) is 19.4 Å². The fourth-order valence-electron chi connectivity index (χ4n) is 2.14. The molecule has 0 heterocycles. The molecule has 0 radical (unpaired) electrons. The minimum absolute atomic E-state index is 0.0296. The first-order valence-electron chi connectivity index (χ1n) is 6.37. The van der Waals surface area contributed by atoms with Crippen molar-refractivity contribution >= 4 is 17.8 Å². The normalized spacial score (nSPS) is 23.8. The molecule has 1 amide bonds. The molecule has 1 aliphatic carbocycles. The fourth-order valence-corrected chi connectivity index (χ4v) is 2.14. The molecule has 0 aromatic heterocycles. The van der Waals surface area contributed by atoms with Crippen molar-refractivity contribution in [2.75, 3.05) is 6.54 Å².